The molecule has 158 valence electrons. The van der Waals surface area contributed by atoms with Crippen LogP contribution in [0, 0.1) is 20.8 Å². The predicted molar refractivity (Wildman–Crippen MR) is 126 cm³/mol. The normalized spacial score (nSPS) is 10.7. The number of rotatable bonds is 7. The third kappa shape index (κ3) is 5.06. The van der Waals surface area contributed by atoms with Crippen molar-refractivity contribution < 1.29 is 9.53 Å². The van der Waals surface area contributed by atoms with Crippen LogP contribution in [0.4, 0.5) is 5.00 Å². The minimum Gasteiger partial charge on any atom is -0.465 e. The highest BCUT2D eigenvalue weighted by Gasteiger charge is 2.24. The molecule has 0 atom stereocenters. The highest BCUT2D eigenvalue weighted by atomic mass is 32.1. The summed E-state index contributed by atoms with van der Waals surface area (Å²) in [5.74, 6) is -0.381. The number of hydrogen-bond acceptors (Lipinski definition) is 5. The van der Waals surface area contributed by atoms with E-state index in [0.29, 0.717) is 22.2 Å². The highest BCUT2D eigenvalue weighted by Crippen LogP contribution is 2.40. The number of hydrogen-bond donors (Lipinski definition) is 2. The number of nitrogens with one attached hydrogen (secondary N) is 2. The first-order valence-electron chi connectivity index (χ1n) is 9.73. The number of nitrogens with zero attached hydrogens (tertiary/aromatic N) is 2. The van der Waals surface area contributed by atoms with Gasteiger partial charge in [-0.3, -0.25) is 4.68 Å². The molecule has 0 aliphatic heterocycles. The van der Waals surface area contributed by atoms with Crippen molar-refractivity contribution in [3.8, 4) is 11.1 Å². The Labute approximate surface area is 186 Å². The van der Waals surface area contributed by atoms with Gasteiger partial charge in [-0.15, -0.1) is 11.3 Å². The van der Waals surface area contributed by atoms with Crippen molar-refractivity contribution in [1.82, 2.24) is 15.1 Å². The minimum atomic E-state index is -0.381. The monoisotopic (exact) mass is 442 g/mol. The summed E-state index contributed by atoms with van der Waals surface area (Å²) in [6.45, 7) is 7.56. The maximum atomic E-state index is 12.5. The van der Waals surface area contributed by atoms with E-state index in [2.05, 4.69) is 28.7 Å². The standard InChI is InChI=1S/C22H26N4O2S2/c1-14-13-15(2)26(25-14)12-8-11-23-22(29)24-20-19(21(27)28-4)18(16(3)30-20)17-9-6-5-7-10-17/h5-7,9-10,13H,8,11-12H2,1-4H3,(H2,23,24,29). The Morgan fingerprint density at radius 3 is 2.60 bits per heavy atom. The molecular formula is C22H26N4O2S2. The SMILES string of the molecule is COC(=O)c1c(NC(=S)NCCCn2nc(C)cc2C)sc(C)c1-c1ccccc1. The summed E-state index contributed by atoms with van der Waals surface area (Å²) in [7, 11) is 1.39. The van der Waals surface area contributed by atoms with Gasteiger partial charge in [0.1, 0.15) is 10.6 Å². The third-order valence-electron chi connectivity index (χ3n) is 4.70. The second kappa shape index (κ2) is 9.86. The smallest absolute Gasteiger partial charge is 0.341 e. The average molecular weight is 443 g/mol. The van der Waals surface area contributed by atoms with E-state index in [4.69, 9.17) is 17.0 Å². The summed E-state index contributed by atoms with van der Waals surface area (Å²) in [5.41, 5.74) is 4.54. The van der Waals surface area contributed by atoms with E-state index in [1.165, 1.54) is 18.4 Å². The molecule has 0 spiro atoms. The molecule has 0 saturated heterocycles. The van der Waals surface area contributed by atoms with Crippen LogP contribution in [0.2, 0.25) is 0 Å². The Balaban J connectivity index is 1.67. The quantitative estimate of drug-likeness (QED) is 0.314. The molecule has 0 radical (unpaired) electrons. The van der Waals surface area contributed by atoms with E-state index in [9.17, 15) is 4.79 Å². The Bertz CT molecular complexity index is 1040. The van der Waals surface area contributed by atoms with Crippen LogP contribution in [-0.2, 0) is 11.3 Å². The van der Waals surface area contributed by atoms with E-state index in [-0.39, 0.29) is 5.97 Å². The summed E-state index contributed by atoms with van der Waals surface area (Å²) >= 11 is 6.95. The number of carbonyl (C=O) groups excluding carboxylic acids is 1. The van der Waals surface area contributed by atoms with Gasteiger partial charge in [0.25, 0.3) is 0 Å². The van der Waals surface area contributed by atoms with Gasteiger partial charge in [0.05, 0.1) is 12.8 Å². The topological polar surface area (TPSA) is 68.2 Å². The summed E-state index contributed by atoms with van der Waals surface area (Å²) < 4.78 is 7.05. The molecule has 1 aromatic carbocycles. The molecule has 3 aromatic rings. The van der Waals surface area contributed by atoms with Crippen LogP contribution >= 0.6 is 23.6 Å². The van der Waals surface area contributed by atoms with Gasteiger partial charge in [-0.1, -0.05) is 30.3 Å². The van der Waals surface area contributed by atoms with Gasteiger partial charge in [-0.25, -0.2) is 4.79 Å². The van der Waals surface area contributed by atoms with E-state index in [1.54, 1.807) is 0 Å². The van der Waals surface area contributed by atoms with Crippen molar-refractivity contribution in [3.05, 3.63) is 58.2 Å². The fraction of sp³-hybridized carbons (Fsp3) is 0.318. The van der Waals surface area contributed by atoms with Gasteiger partial charge < -0.3 is 15.4 Å². The zero-order chi connectivity index (χ0) is 21.7. The van der Waals surface area contributed by atoms with Crippen molar-refractivity contribution in [2.45, 2.75) is 33.7 Å². The van der Waals surface area contributed by atoms with Gasteiger partial charge in [0.2, 0.25) is 0 Å². The van der Waals surface area contributed by atoms with Crippen LogP contribution in [0.1, 0.15) is 33.0 Å². The number of esters is 1. The maximum absolute atomic E-state index is 12.5. The zero-order valence-corrected chi connectivity index (χ0v) is 19.2. The van der Waals surface area contributed by atoms with Crippen LogP contribution in [0.3, 0.4) is 0 Å². The zero-order valence-electron chi connectivity index (χ0n) is 17.6. The number of benzene rings is 1. The molecular weight excluding hydrogens is 416 g/mol. The van der Waals surface area contributed by atoms with Crippen LogP contribution < -0.4 is 10.6 Å². The molecule has 2 aromatic heterocycles. The molecule has 30 heavy (non-hydrogen) atoms. The molecule has 0 bridgehead atoms. The van der Waals surface area contributed by atoms with Crippen LogP contribution in [0.5, 0.6) is 0 Å². The van der Waals surface area contributed by atoms with Gasteiger partial charge in [-0.2, -0.15) is 5.10 Å². The maximum Gasteiger partial charge on any atom is 0.341 e. The van der Waals surface area contributed by atoms with Gasteiger partial charge in [0.15, 0.2) is 5.11 Å². The second-order valence-electron chi connectivity index (χ2n) is 6.98. The highest BCUT2D eigenvalue weighted by molar-refractivity contribution is 7.80. The lowest BCUT2D eigenvalue weighted by Crippen LogP contribution is -2.30. The first-order valence-corrected chi connectivity index (χ1v) is 11.0. The first-order chi connectivity index (χ1) is 14.4. The molecule has 2 N–H and O–H groups in total. The largest absolute Gasteiger partial charge is 0.465 e. The first kappa shape index (κ1) is 22.0. The molecule has 0 aliphatic carbocycles. The predicted octanol–water partition coefficient (Wildman–Crippen LogP) is 4.70. The van der Waals surface area contributed by atoms with Gasteiger partial charge in [-0.05, 0) is 51.0 Å². The molecule has 8 heteroatoms. The number of anilines is 1. The Morgan fingerprint density at radius 2 is 1.97 bits per heavy atom. The van der Waals surface area contributed by atoms with E-state index >= 15 is 0 Å². The summed E-state index contributed by atoms with van der Waals surface area (Å²) in [6.07, 6.45) is 0.881. The molecule has 2 heterocycles. The number of methoxy groups -OCH3 is 1. The lowest BCUT2D eigenvalue weighted by atomic mass is 10.0. The third-order valence-corrected chi connectivity index (χ3v) is 5.97. The Hall–Kier alpha value is -2.71. The second-order valence-corrected chi connectivity index (χ2v) is 8.61. The number of aryl methyl sites for hydroxylation is 4. The number of ether oxygens (including phenoxy) is 1. The van der Waals surface area contributed by atoms with Crippen molar-refractivity contribution in [3.63, 3.8) is 0 Å². The average Bonchev–Trinajstić information content (AvgIpc) is 3.22. The molecule has 6 nitrogen and oxygen atoms in total. The molecule has 0 aliphatic rings. The fourth-order valence-corrected chi connectivity index (χ4v) is 4.70. The fourth-order valence-electron chi connectivity index (χ4n) is 3.36. The van der Waals surface area contributed by atoms with Crippen molar-refractivity contribution in [2.24, 2.45) is 0 Å². The number of thiophene rings is 1. The number of aromatic nitrogens is 2. The van der Waals surface area contributed by atoms with E-state index < -0.39 is 0 Å². The van der Waals surface area contributed by atoms with Gasteiger partial charge >= 0.3 is 5.97 Å². The minimum absolute atomic E-state index is 0.381. The molecule has 0 amide bonds. The van der Waals surface area contributed by atoms with Crippen molar-refractivity contribution in [2.75, 3.05) is 19.0 Å². The Morgan fingerprint density at radius 1 is 1.23 bits per heavy atom. The van der Waals surface area contributed by atoms with Crippen LogP contribution in [-0.4, -0.2) is 34.5 Å². The summed E-state index contributed by atoms with van der Waals surface area (Å²) in [5, 5.41) is 12.0. The van der Waals surface area contributed by atoms with E-state index in [1.807, 2.05) is 48.9 Å². The van der Waals surface area contributed by atoms with Crippen molar-refractivity contribution >= 4 is 39.6 Å². The van der Waals surface area contributed by atoms with Crippen molar-refractivity contribution in [1.29, 1.82) is 0 Å². The molecule has 0 saturated carbocycles. The lowest BCUT2D eigenvalue weighted by molar-refractivity contribution is 0.0603. The Kier molecular flexibility index (Phi) is 7.23. The lowest BCUT2D eigenvalue weighted by Gasteiger charge is -2.11. The summed E-state index contributed by atoms with van der Waals surface area (Å²) in [4.78, 5) is 13.6. The number of carbonyl (C=O) groups is 1. The summed E-state index contributed by atoms with van der Waals surface area (Å²) in [6, 6.07) is 11.9. The molecule has 0 fully saturated rings. The van der Waals surface area contributed by atoms with E-state index in [0.717, 1.165) is 40.4 Å². The molecule has 3 rings (SSSR count). The molecule has 0 unspecified atom stereocenters. The van der Waals surface area contributed by atoms with Crippen LogP contribution in [0.25, 0.3) is 11.1 Å². The van der Waals surface area contributed by atoms with Crippen LogP contribution in [0.15, 0.2) is 36.4 Å². The number of thiocarbonyl (C=S) groups is 1. The van der Waals surface area contributed by atoms with Gasteiger partial charge in [0, 0.05) is 29.2 Å².